The number of halogens is 2. The third-order valence-electron chi connectivity index (χ3n) is 4.38. The Morgan fingerprint density at radius 1 is 1.04 bits per heavy atom. The number of hydrogen-bond donors (Lipinski definition) is 2. The van der Waals surface area contributed by atoms with E-state index in [2.05, 4.69) is 5.32 Å². The van der Waals surface area contributed by atoms with E-state index in [0.29, 0.717) is 0 Å². The molecule has 1 heterocycles. The Labute approximate surface area is 149 Å². The van der Waals surface area contributed by atoms with E-state index in [-0.39, 0.29) is 29.7 Å². The highest BCUT2D eigenvalue weighted by Gasteiger charge is 2.42. The van der Waals surface area contributed by atoms with Crippen molar-refractivity contribution in [3.05, 3.63) is 70.8 Å². The first kappa shape index (κ1) is 18.2. The summed E-state index contributed by atoms with van der Waals surface area (Å²) in [4.78, 5) is 26.4. The van der Waals surface area contributed by atoms with Gasteiger partial charge in [-0.25, -0.2) is 8.78 Å². The summed E-state index contributed by atoms with van der Waals surface area (Å²) in [6.07, 6.45) is -1.17. The fraction of sp³-hybridized carbons (Fsp3) is 0.263. The first-order chi connectivity index (χ1) is 12.4. The molecule has 2 aromatic carbocycles. The van der Waals surface area contributed by atoms with Crippen LogP contribution in [0, 0.1) is 11.6 Å². The smallest absolute Gasteiger partial charge is 0.261 e. The molecule has 0 aromatic heterocycles. The number of benzene rings is 2. The van der Waals surface area contributed by atoms with Crippen molar-refractivity contribution in [2.24, 2.45) is 0 Å². The third-order valence-corrected chi connectivity index (χ3v) is 4.38. The molecule has 2 unspecified atom stereocenters. The summed E-state index contributed by atoms with van der Waals surface area (Å²) in [5.74, 6) is -2.57. The lowest BCUT2D eigenvalue weighted by atomic mass is 9.99. The molecule has 2 amide bonds. The molecule has 1 aliphatic heterocycles. The molecule has 2 N–H and O–H groups in total. The number of amides is 2. The van der Waals surface area contributed by atoms with E-state index in [1.54, 1.807) is 31.3 Å². The van der Waals surface area contributed by atoms with Gasteiger partial charge in [-0.1, -0.05) is 12.1 Å². The highest BCUT2D eigenvalue weighted by Crippen LogP contribution is 2.27. The van der Waals surface area contributed by atoms with Crippen molar-refractivity contribution in [2.45, 2.75) is 18.6 Å². The molecular weight excluding hydrogens is 342 g/mol. The third kappa shape index (κ3) is 3.36. The molecule has 0 bridgehead atoms. The molecule has 26 heavy (non-hydrogen) atoms. The normalized spacial score (nSPS) is 15.9. The lowest BCUT2D eigenvalue weighted by Crippen LogP contribution is -2.51. The van der Waals surface area contributed by atoms with Crippen LogP contribution < -0.4 is 5.32 Å². The van der Waals surface area contributed by atoms with Gasteiger partial charge in [0.2, 0.25) is 0 Å². The van der Waals surface area contributed by atoms with Gasteiger partial charge in [-0.2, -0.15) is 0 Å². The summed E-state index contributed by atoms with van der Waals surface area (Å²) in [7, 11) is 1.62. The van der Waals surface area contributed by atoms with Gasteiger partial charge < -0.3 is 10.4 Å². The van der Waals surface area contributed by atoms with Crippen LogP contribution in [0.15, 0.2) is 42.5 Å². The van der Waals surface area contributed by atoms with Crippen LogP contribution in [0.2, 0.25) is 0 Å². The zero-order valence-electron chi connectivity index (χ0n) is 14.1. The van der Waals surface area contributed by atoms with Crippen molar-refractivity contribution >= 4 is 11.8 Å². The minimum Gasteiger partial charge on any atom is -0.390 e. The Bertz CT molecular complexity index is 801. The number of carbonyl (C=O) groups is 2. The van der Waals surface area contributed by atoms with Gasteiger partial charge >= 0.3 is 0 Å². The maximum absolute atomic E-state index is 13.5. The van der Waals surface area contributed by atoms with Gasteiger partial charge in [0.1, 0.15) is 11.6 Å². The Hall–Kier alpha value is -2.64. The summed E-state index contributed by atoms with van der Waals surface area (Å²) >= 11 is 0. The van der Waals surface area contributed by atoms with Gasteiger partial charge in [-0.3, -0.25) is 14.5 Å². The standard InChI is InChI=1S/C19H18F2N2O3/c1-22-10-17(24)16(8-11-6-12(20)9-13(21)7-11)23-18(25)14-4-2-3-5-15(14)19(23)26/h2-7,9,16-17,22,24H,8,10H2,1H3. The van der Waals surface area contributed by atoms with Gasteiger partial charge in [0.15, 0.2) is 0 Å². The molecule has 0 saturated carbocycles. The highest BCUT2D eigenvalue weighted by atomic mass is 19.1. The fourth-order valence-electron chi connectivity index (χ4n) is 3.22. The minimum atomic E-state index is -1.10. The predicted octanol–water partition coefficient (Wildman–Crippen LogP) is 1.75. The summed E-state index contributed by atoms with van der Waals surface area (Å²) in [6.45, 7) is 0.107. The van der Waals surface area contributed by atoms with Crippen LogP contribution in [0.4, 0.5) is 8.78 Å². The largest absolute Gasteiger partial charge is 0.390 e. The van der Waals surface area contributed by atoms with E-state index in [0.717, 1.165) is 23.1 Å². The lowest BCUT2D eigenvalue weighted by Gasteiger charge is -2.30. The summed E-state index contributed by atoms with van der Waals surface area (Å²) < 4.78 is 27.0. The van der Waals surface area contributed by atoms with E-state index >= 15 is 0 Å². The molecule has 5 nitrogen and oxygen atoms in total. The number of nitrogens with one attached hydrogen (secondary N) is 1. The number of imide groups is 1. The van der Waals surface area contributed by atoms with E-state index in [1.807, 2.05) is 0 Å². The topological polar surface area (TPSA) is 69.6 Å². The molecule has 2 atom stereocenters. The van der Waals surface area contributed by atoms with Crippen molar-refractivity contribution in [3.8, 4) is 0 Å². The molecule has 136 valence electrons. The molecule has 2 aromatic rings. The van der Waals surface area contributed by atoms with Crippen LogP contribution >= 0.6 is 0 Å². The minimum absolute atomic E-state index is 0.0665. The zero-order chi connectivity index (χ0) is 18.8. The highest BCUT2D eigenvalue weighted by molar-refractivity contribution is 6.21. The Kier molecular flexibility index (Phi) is 5.11. The van der Waals surface area contributed by atoms with Crippen molar-refractivity contribution in [1.29, 1.82) is 0 Å². The molecule has 0 radical (unpaired) electrons. The van der Waals surface area contributed by atoms with Gasteiger partial charge in [0.05, 0.1) is 23.3 Å². The number of aliphatic hydroxyl groups is 1. The van der Waals surface area contributed by atoms with Gasteiger partial charge in [0, 0.05) is 12.6 Å². The zero-order valence-corrected chi connectivity index (χ0v) is 14.1. The van der Waals surface area contributed by atoms with E-state index in [9.17, 15) is 23.5 Å². The molecule has 1 aliphatic rings. The van der Waals surface area contributed by atoms with Gasteiger partial charge in [-0.05, 0) is 43.3 Å². The number of fused-ring (bicyclic) bond motifs is 1. The quantitative estimate of drug-likeness (QED) is 0.770. The average Bonchev–Trinajstić information content (AvgIpc) is 2.84. The van der Waals surface area contributed by atoms with Gasteiger partial charge in [0.25, 0.3) is 11.8 Å². The summed E-state index contributed by atoms with van der Waals surface area (Å²) in [5, 5.41) is 13.3. The van der Waals surface area contributed by atoms with Crippen molar-refractivity contribution in [2.75, 3.05) is 13.6 Å². The number of hydrogen-bond acceptors (Lipinski definition) is 4. The number of carbonyl (C=O) groups excluding carboxylic acids is 2. The molecular formula is C19H18F2N2O3. The van der Waals surface area contributed by atoms with E-state index < -0.39 is 35.6 Å². The molecule has 3 rings (SSSR count). The van der Waals surface area contributed by atoms with Crippen molar-refractivity contribution < 1.29 is 23.5 Å². The molecule has 0 saturated heterocycles. The van der Waals surface area contributed by atoms with E-state index in [1.165, 1.54) is 0 Å². The van der Waals surface area contributed by atoms with Gasteiger partial charge in [-0.15, -0.1) is 0 Å². The molecule has 0 aliphatic carbocycles. The first-order valence-corrected chi connectivity index (χ1v) is 8.17. The Morgan fingerprint density at radius 2 is 1.58 bits per heavy atom. The average molecular weight is 360 g/mol. The second-order valence-corrected chi connectivity index (χ2v) is 6.20. The second-order valence-electron chi connectivity index (χ2n) is 6.20. The summed E-state index contributed by atoms with van der Waals surface area (Å²) in [5.41, 5.74) is 0.758. The molecule has 7 heteroatoms. The number of nitrogens with zero attached hydrogens (tertiary/aromatic N) is 1. The number of rotatable bonds is 6. The predicted molar refractivity (Wildman–Crippen MR) is 90.7 cm³/mol. The fourth-order valence-corrected chi connectivity index (χ4v) is 3.22. The van der Waals surface area contributed by atoms with Crippen LogP contribution in [0.5, 0.6) is 0 Å². The van der Waals surface area contributed by atoms with Crippen LogP contribution in [0.3, 0.4) is 0 Å². The number of aliphatic hydroxyl groups excluding tert-OH is 1. The molecule has 0 spiro atoms. The maximum atomic E-state index is 13.5. The molecule has 0 fully saturated rings. The van der Waals surface area contributed by atoms with Crippen LogP contribution in [0.1, 0.15) is 26.3 Å². The maximum Gasteiger partial charge on any atom is 0.261 e. The van der Waals surface area contributed by atoms with Crippen LogP contribution in [-0.4, -0.2) is 47.6 Å². The Morgan fingerprint density at radius 3 is 2.08 bits per heavy atom. The SMILES string of the molecule is CNCC(O)C(Cc1cc(F)cc(F)c1)N1C(=O)c2ccccc2C1=O. The van der Waals surface area contributed by atoms with E-state index in [4.69, 9.17) is 0 Å². The first-order valence-electron chi connectivity index (χ1n) is 8.17. The van der Waals surface area contributed by atoms with Crippen LogP contribution in [-0.2, 0) is 6.42 Å². The monoisotopic (exact) mass is 360 g/mol. The lowest BCUT2D eigenvalue weighted by molar-refractivity contribution is 0.0344. The second kappa shape index (κ2) is 7.31. The van der Waals surface area contributed by atoms with Crippen LogP contribution in [0.25, 0.3) is 0 Å². The Balaban J connectivity index is 1.97. The number of likely N-dealkylation sites (N-methyl/N-ethyl adjacent to an activating group) is 1. The summed E-state index contributed by atoms with van der Waals surface area (Å²) in [6, 6.07) is 8.41. The van der Waals surface area contributed by atoms with Crippen molar-refractivity contribution in [1.82, 2.24) is 10.2 Å². The van der Waals surface area contributed by atoms with Crippen molar-refractivity contribution in [3.63, 3.8) is 0 Å².